The van der Waals surface area contributed by atoms with E-state index in [1.165, 1.54) is 17.2 Å². The summed E-state index contributed by atoms with van der Waals surface area (Å²) in [6.45, 7) is 6.16. The molecule has 0 bridgehead atoms. The van der Waals surface area contributed by atoms with Gasteiger partial charge in [-0.1, -0.05) is 51.8 Å². The molecular formula is C17H19BrFN. The van der Waals surface area contributed by atoms with E-state index in [0.29, 0.717) is 5.56 Å². The minimum absolute atomic E-state index is 0.0430. The molecule has 20 heavy (non-hydrogen) atoms. The Balaban J connectivity index is 2.12. The number of benzene rings is 2. The van der Waals surface area contributed by atoms with Gasteiger partial charge in [0.25, 0.3) is 0 Å². The number of nitrogens with one attached hydrogen (secondary N) is 1. The molecule has 1 N–H and O–H groups in total. The van der Waals surface area contributed by atoms with Gasteiger partial charge in [0, 0.05) is 22.1 Å². The third-order valence-corrected chi connectivity index (χ3v) is 3.96. The summed E-state index contributed by atoms with van der Waals surface area (Å²) in [5, 5.41) is 3.44. The second kappa shape index (κ2) is 6.51. The van der Waals surface area contributed by atoms with Gasteiger partial charge < -0.3 is 5.32 Å². The second-order valence-corrected chi connectivity index (χ2v) is 6.11. The molecule has 0 saturated heterocycles. The maximum absolute atomic E-state index is 13.9. The average molecular weight is 336 g/mol. The summed E-state index contributed by atoms with van der Waals surface area (Å²) in [5.41, 5.74) is 3.14. The highest BCUT2D eigenvalue weighted by molar-refractivity contribution is 9.10. The van der Waals surface area contributed by atoms with Crippen LogP contribution in [0.5, 0.6) is 0 Å². The molecule has 1 unspecified atom stereocenters. The number of aryl methyl sites for hydroxylation is 1. The van der Waals surface area contributed by atoms with Crippen LogP contribution in [0.1, 0.15) is 42.6 Å². The number of hydrogen-bond acceptors (Lipinski definition) is 1. The lowest BCUT2D eigenvalue weighted by molar-refractivity contribution is 0.473. The lowest BCUT2D eigenvalue weighted by Gasteiger charge is -2.21. The van der Waals surface area contributed by atoms with Gasteiger partial charge in [0.2, 0.25) is 0 Å². The third kappa shape index (κ3) is 3.68. The van der Waals surface area contributed by atoms with Crippen molar-refractivity contribution < 1.29 is 4.39 Å². The lowest BCUT2D eigenvalue weighted by atomic mass is 10.0. The highest BCUT2D eigenvalue weighted by Crippen LogP contribution is 2.24. The molecule has 0 spiro atoms. The van der Waals surface area contributed by atoms with Crippen LogP contribution in [0.2, 0.25) is 0 Å². The number of hydrogen-bond donors (Lipinski definition) is 1. The summed E-state index contributed by atoms with van der Waals surface area (Å²) in [6, 6.07) is 13.7. The molecule has 3 heteroatoms. The van der Waals surface area contributed by atoms with Crippen molar-refractivity contribution in [1.29, 1.82) is 0 Å². The van der Waals surface area contributed by atoms with Crippen molar-refractivity contribution in [2.45, 2.75) is 32.9 Å². The molecule has 0 aliphatic rings. The van der Waals surface area contributed by atoms with E-state index >= 15 is 0 Å². The van der Waals surface area contributed by atoms with Gasteiger partial charge in [0.15, 0.2) is 0 Å². The van der Waals surface area contributed by atoms with Crippen LogP contribution in [-0.2, 0) is 0 Å². The van der Waals surface area contributed by atoms with Gasteiger partial charge in [-0.2, -0.15) is 0 Å². The van der Waals surface area contributed by atoms with Crippen LogP contribution in [-0.4, -0.2) is 0 Å². The van der Waals surface area contributed by atoms with E-state index in [9.17, 15) is 4.39 Å². The van der Waals surface area contributed by atoms with E-state index in [1.54, 1.807) is 0 Å². The van der Waals surface area contributed by atoms with Crippen LogP contribution in [0.4, 0.5) is 4.39 Å². The van der Waals surface area contributed by atoms with Gasteiger partial charge in [-0.15, -0.1) is 0 Å². The molecule has 0 aromatic heterocycles. The molecule has 2 rings (SSSR count). The topological polar surface area (TPSA) is 12.0 Å². The largest absolute Gasteiger partial charge is 0.304 e. The molecule has 1 nitrogen and oxygen atoms in total. The minimum atomic E-state index is -0.184. The standard InChI is InChI=1S/C17H19BrFN/c1-11-5-4-6-14(9-11)12(2)20-13(3)16-8-7-15(18)10-17(16)19/h4-10,12-13,20H,1-3H3/t12-,13?/m1/s1. The van der Waals surface area contributed by atoms with Gasteiger partial charge in [-0.25, -0.2) is 4.39 Å². The molecule has 2 atom stereocenters. The molecular weight excluding hydrogens is 317 g/mol. The number of halogens is 2. The Morgan fingerprint density at radius 3 is 2.45 bits per heavy atom. The monoisotopic (exact) mass is 335 g/mol. The van der Waals surface area contributed by atoms with Crippen molar-refractivity contribution >= 4 is 15.9 Å². The van der Waals surface area contributed by atoms with Crippen LogP contribution >= 0.6 is 15.9 Å². The van der Waals surface area contributed by atoms with Crippen molar-refractivity contribution in [1.82, 2.24) is 5.32 Å². The fourth-order valence-electron chi connectivity index (χ4n) is 2.35. The van der Waals surface area contributed by atoms with E-state index in [4.69, 9.17) is 0 Å². The third-order valence-electron chi connectivity index (χ3n) is 3.47. The van der Waals surface area contributed by atoms with Gasteiger partial charge in [0.05, 0.1) is 0 Å². The first-order chi connectivity index (χ1) is 9.47. The summed E-state index contributed by atoms with van der Waals surface area (Å²) in [4.78, 5) is 0. The van der Waals surface area contributed by atoms with Gasteiger partial charge in [-0.05, 0) is 38.5 Å². The molecule has 0 heterocycles. The Morgan fingerprint density at radius 2 is 1.80 bits per heavy atom. The van der Waals surface area contributed by atoms with Crippen molar-refractivity contribution in [2.24, 2.45) is 0 Å². The van der Waals surface area contributed by atoms with Crippen molar-refractivity contribution in [3.8, 4) is 0 Å². The Hall–Kier alpha value is -1.19. The Morgan fingerprint density at radius 1 is 1.05 bits per heavy atom. The average Bonchev–Trinajstić information content (AvgIpc) is 2.38. The molecule has 0 fully saturated rings. The molecule has 106 valence electrons. The Kier molecular flexibility index (Phi) is 4.95. The highest BCUT2D eigenvalue weighted by Gasteiger charge is 2.14. The summed E-state index contributed by atoms with van der Waals surface area (Å²) in [6.07, 6.45) is 0. The summed E-state index contributed by atoms with van der Waals surface area (Å²) in [5.74, 6) is -0.184. The SMILES string of the molecule is Cc1cccc([C@@H](C)NC(C)c2ccc(Br)cc2F)c1. The lowest BCUT2D eigenvalue weighted by Crippen LogP contribution is -2.23. The Labute approximate surface area is 128 Å². The van der Waals surface area contributed by atoms with Crippen LogP contribution in [0.15, 0.2) is 46.9 Å². The van der Waals surface area contributed by atoms with E-state index in [-0.39, 0.29) is 17.9 Å². The maximum Gasteiger partial charge on any atom is 0.129 e. The van der Waals surface area contributed by atoms with Crippen molar-refractivity contribution in [2.75, 3.05) is 0 Å². The number of rotatable bonds is 4. The zero-order valence-corrected chi connectivity index (χ0v) is 13.5. The smallest absolute Gasteiger partial charge is 0.129 e. The fourth-order valence-corrected chi connectivity index (χ4v) is 2.69. The molecule has 0 radical (unpaired) electrons. The first-order valence-corrected chi connectivity index (χ1v) is 7.54. The normalized spacial score (nSPS) is 14.1. The molecule has 0 aliphatic heterocycles. The zero-order chi connectivity index (χ0) is 14.7. The maximum atomic E-state index is 13.9. The van der Waals surface area contributed by atoms with Gasteiger partial charge in [-0.3, -0.25) is 0 Å². The Bertz CT molecular complexity index is 597. The van der Waals surface area contributed by atoms with Gasteiger partial charge in [0.1, 0.15) is 5.82 Å². The van der Waals surface area contributed by atoms with Crippen LogP contribution < -0.4 is 5.32 Å². The van der Waals surface area contributed by atoms with Crippen LogP contribution in [0.25, 0.3) is 0 Å². The highest BCUT2D eigenvalue weighted by atomic mass is 79.9. The predicted molar refractivity (Wildman–Crippen MR) is 85.2 cm³/mol. The second-order valence-electron chi connectivity index (χ2n) is 5.19. The summed E-state index contributed by atoms with van der Waals surface area (Å²) in [7, 11) is 0. The van der Waals surface area contributed by atoms with Crippen molar-refractivity contribution in [3.05, 3.63) is 69.4 Å². The van der Waals surface area contributed by atoms with E-state index in [1.807, 2.05) is 25.1 Å². The summed E-state index contributed by atoms with van der Waals surface area (Å²) >= 11 is 3.28. The first kappa shape index (κ1) is 15.2. The summed E-state index contributed by atoms with van der Waals surface area (Å²) < 4.78 is 14.7. The molecule has 0 saturated carbocycles. The molecule has 2 aromatic rings. The minimum Gasteiger partial charge on any atom is -0.304 e. The van der Waals surface area contributed by atoms with Crippen LogP contribution in [0, 0.1) is 12.7 Å². The van der Waals surface area contributed by atoms with Crippen molar-refractivity contribution in [3.63, 3.8) is 0 Å². The van der Waals surface area contributed by atoms with Crippen LogP contribution in [0.3, 0.4) is 0 Å². The fraction of sp³-hybridized carbons (Fsp3) is 0.294. The molecule has 0 aliphatic carbocycles. The van der Waals surface area contributed by atoms with E-state index < -0.39 is 0 Å². The van der Waals surface area contributed by atoms with Gasteiger partial charge >= 0.3 is 0 Å². The zero-order valence-electron chi connectivity index (χ0n) is 12.0. The van der Waals surface area contributed by atoms with E-state index in [0.717, 1.165) is 4.47 Å². The first-order valence-electron chi connectivity index (χ1n) is 6.75. The molecule has 0 amide bonds. The van der Waals surface area contributed by atoms with E-state index in [2.05, 4.69) is 53.3 Å². The quantitative estimate of drug-likeness (QED) is 0.798. The molecule has 2 aromatic carbocycles. The predicted octanol–water partition coefficient (Wildman–Crippen LogP) is 5.31.